The Morgan fingerprint density at radius 1 is 1.00 bits per heavy atom. The van der Waals surface area contributed by atoms with Crippen LogP contribution in [-0.2, 0) is 9.68 Å². The normalized spacial score (nSPS) is 12.4. The van der Waals surface area contributed by atoms with E-state index in [1.165, 1.54) is 0 Å². The fourth-order valence-corrected chi connectivity index (χ4v) is 1.07. The third kappa shape index (κ3) is 10.4. The van der Waals surface area contributed by atoms with Crippen LogP contribution in [0.3, 0.4) is 0 Å². The van der Waals surface area contributed by atoms with Crippen LogP contribution >= 0.6 is 0 Å². The van der Waals surface area contributed by atoms with Crippen LogP contribution in [-0.4, -0.2) is 25.8 Å². The molecule has 0 fully saturated rings. The predicted molar refractivity (Wildman–Crippen MR) is 66.9 cm³/mol. The standard InChI is InChI=1S/C12H28N2O2/c1-6-11(7-2)16-14-9-8-13-15-10-12(3,4)5/h11,13-14H,6-10H2,1-5H3. The van der Waals surface area contributed by atoms with Gasteiger partial charge in [0.15, 0.2) is 0 Å². The van der Waals surface area contributed by atoms with Crippen LogP contribution in [0.2, 0.25) is 0 Å². The molecule has 0 aromatic rings. The van der Waals surface area contributed by atoms with Gasteiger partial charge in [0.25, 0.3) is 0 Å². The Balaban J connectivity index is 3.21. The first kappa shape index (κ1) is 15.8. The van der Waals surface area contributed by atoms with Crippen molar-refractivity contribution in [2.24, 2.45) is 5.41 Å². The van der Waals surface area contributed by atoms with E-state index in [1.807, 2.05) is 0 Å². The van der Waals surface area contributed by atoms with E-state index in [-0.39, 0.29) is 5.41 Å². The van der Waals surface area contributed by atoms with Crippen LogP contribution in [0.4, 0.5) is 0 Å². The first-order chi connectivity index (χ1) is 7.49. The number of nitrogens with one attached hydrogen (secondary N) is 2. The average Bonchev–Trinajstić information content (AvgIpc) is 2.21. The molecule has 0 aromatic carbocycles. The topological polar surface area (TPSA) is 42.5 Å². The van der Waals surface area contributed by atoms with Crippen molar-refractivity contribution in [2.45, 2.75) is 53.6 Å². The molecule has 0 aliphatic carbocycles. The van der Waals surface area contributed by atoms with Crippen molar-refractivity contribution in [3.05, 3.63) is 0 Å². The van der Waals surface area contributed by atoms with Crippen molar-refractivity contribution in [3.63, 3.8) is 0 Å². The molecule has 0 unspecified atom stereocenters. The molecule has 0 amide bonds. The quantitative estimate of drug-likeness (QED) is 0.473. The number of rotatable bonds is 9. The SMILES string of the molecule is CCC(CC)ONCCNOCC(C)(C)C. The van der Waals surface area contributed by atoms with Crippen molar-refractivity contribution >= 4 is 0 Å². The highest BCUT2D eigenvalue weighted by Gasteiger charge is 2.09. The molecule has 0 rings (SSSR count). The van der Waals surface area contributed by atoms with E-state index in [2.05, 4.69) is 45.6 Å². The van der Waals surface area contributed by atoms with Crippen molar-refractivity contribution in [3.8, 4) is 0 Å². The second kappa shape index (κ2) is 8.93. The van der Waals surface area contributed by atoms with Gasteiger partial charge in [-0.2, -0.15) is 0 Å². The highest BCUT2D eigenvalue weighted by Crippen LogP contribution is 2.11. The fraction of sp³-hybridized carbons (Fsp3) is 1.00. The molecule has 0 spiro atoms. The van der Waals surface area contributed by atoms with Crippen molar-refractivity contribution in [1.82, 2.24) is 11.0 Å². The summed E-state index contributed by atoms with van der Waals surface area (Å²) in [5, 5.41) is 0. The average molecular weight is 232 g/mol. The number of hydrogen-bond acceptors (Lipinski definition) is 4. The molecule has 0 bridgehead atoms. The molecule has 0 radical (unpaired) electrons. The van der Waals surface area contributed by atoms with Gasteiger partial charge in [-0.05, 0) is 18.3 Å². The molecule has 4 nitrogen and oxygen atoms in total. The molecule has 0 aliphatic rings. The maximum atomic E-state index is 5.44. The Morgan fingerprint density at radius 3 is 2.06 bits per heavy atom. The van der Waals surface area contributed by atoms with Crippen LogP contribution < -0.4 is 11.0 Å². The maximum Gasteiger partial charge on any atom is 0.0785 e. The second-order valence-corrected chi connectivity index (χ2v) is 5.19. The Kier molecular flexibility index (Phi) is 8.84. The minimum atomic E-state index is 0.201. The lowest BCUT2D eigenvalue weighted by Gasteiger charge is -2.18. The van der Waals surface area contributed by atoms with Crippen LogP contribution in [0.25, 0.3) is 0 Å². The molecule has 98 valence electrons. The zero-order valence-electron chi connectivity index (χ0n) is 11.4. The zero-order chi connectivity index (χ0) is 12.4. The van der Waals surface area contributed by atoms with Crippen molar-refractivity contribution in [1.29, 1.82) is 0 Å². The monoisotopic (exact) mass is 232 g/mol. The number of hydrogen-bond donors (Lipinski definition) is 2. The van der Waals surface area contributed by atoms with E-state index in [1.54, 1.807) is 0 Å². The van der Waals surface area contributed by atoms with E-state index in [0.717, 1.165) is 25.9 Å². The Labute approximate surface area is 100.0 Å². The zero-order valence-corrected chi connectivity index (χ0v) is 11.4. The molecule has 2 N–H and O–H groups in total. The second-order valence-electron chi connectivity index (χ2n) is 5.19. The van der Waals surface area contributed by atoms with Crippen LogP contribution in [0.15, 0.2) is 0 Å². The van der Waals surface area contributed by atoms with Gasteiger partial charge in [0.2, 0.25) is 0 Å². The fourth-order valence-electron chi connectivity index (χ4n) is 1.07. The van der Waals surface area contributed by atoms with Gasteiger partial charge in [-0.1, -0.05) is 34.6 Å². The number of hydroxylamine groups is 2. The van der Waals surface area contributed by atoms with E-state index >= 15 is 0 Å². The van der Waals surface area contributed by atoms with Gasteiger partial charge in [0.05, 0.1) is 12.7 Å². The summed E-state index contributed by atoms with van der Waals surface area (Å²) in [6, 6.07) is 0. The summed E-state index contributed by atoms with van der Waals surface area (Å²) in [6.07, 6.45) is 2.39. The van der Waals surface area contributed by atoms with Crippen molar-refractivity contribution < 1.29 is 9.68 Å². The lowest BCUT2D eigenvalue weighted by molar-refractivity contribution is -0.0414. The largest absolute Gasteiger partial charge is 0.301 e. The molecular weight excluding hydrogens is 204 g/mol. The van der Waals surface area contributed by atoms with E-state index < -0.39 is 0 Å². The van der Waals surface area contributed by atoms with Gasteiger partial charge in [0, 0.05) is 13.1 Å². The molecule has 16 heavy (non-hydrogen) atoms. The summed E-state index contributed by atoms with van der Waals surface area (Å²) < 4.78 is 0. The van der Waals surface area contributed by atoms with Gasteiger partial charge >= 0.3 is 0 Å². The smallest absolute Gasteiger partial charge is 0.0785 e. The summed E-state index contributed by atoms with van der Waals surface area (Å²) >= 11 is 0. The van der Waals surface area contributed by atoms with Crippen LogP contribution in [0.5, 0.6) is 0 Å². The summed E-state index contributed by atoms with van der Waals surface area (Å²) in [7, 11) is 0. The Hall–Kier alpha value is -0.160. The minimum absolute atomic E-state index is 0.201. The third-order valence-corrected chi connectivity index (χ3v) is 2.10. The molecule has 4 heteroatoms. The first-order valence-electron chi connectivity index (χ1n) is 6.22. The van der Waals surface area contributed by atoms with Gasteiger partial charge in [-0.15, -0.1) is 0 Å². The highest BCUT2D eigenvalue weighted by atomic mass is 16.7. The summed E-state index contributed by atoms with van der Waals surface area (Å²) in [6.45, 7) is 12.9. The summed E-state index contributed by atoms with van der Waals surface area (Å²) in [5.74, 6) is 0. The lowest BCUT2D eigenvalue weighted by Crippen LogP contribution is -2.32. The summed E-state index contributed by atoms with van der Waals surface area (Å²) in [4.78, 5) is 10.8. The Bertz CT molecular complexity index is 154. The van der Waals surface area contributed by atoms with Gasteiger partial charge in [0.1, 0.15) is 0 Å². The molecule has 0 heterocycles. The Morgan fingerprint density at radius 2 is 1.56 bits per heavy atom. The first-order valence-corrected chi connectivity index (χ1v) is 6.22. The molecular formula is C12H28N2O2. The van der Waals surface area contributed by atoms with Crippen molar-refractivity contribution in [2.75, 3.05) is 19.7 Å². The lowest BCUT2D eigenvalue weighted by atomic mass is 9.99. The van der Waals surface area contributed by atoms with E-state index in [9.17, 15) is 0 Å². The van der Waals surface area contributed by atoms with Gasteiger partial charge in [-0.3, -0.25) is 4.84 Å². The highest BCUT2D eigenvalue weighted by molar-refractivity contribution is 4.58. The maximum absolute atomic E-state index is 5.44. The van der Waals surface area contributed by atoms with E-state index in [0.29, 0.717) is 12.7 Å². The van der Waals surface area contributed by atoms with Gasteiger partial charge < -0.3 is 4.84 Å². The molecule has 0 saturated carbocycles. The van der Waals surface area contributed by atoms with Crippen LogP contribution in [0.1, 0.15) is 47.5 Å². The molecule has 0 aliphatic heterocycles. The van der Waals surface area contributed by atoms with Gasteiger partial charge in [-0.25, -0.2) is 11.0 Å². The minimum Gasteiger partial charge on any atom is -0.301 e. The molecule has 0 atom stereocenters. The third-order valence-electron chi connectivity index (χ3n) is 2.10. The van der Waals surface area contributed by atoms with Crippen LogP contribution in [0, 0.1) is 5.41 Å². The predicted octanol–water partition coefficient (Wildman–Crippen LogP) is 2.26. The van der Waals surface area contributed by atoms with E-state index in [4.69, 9.17) is 9.68 Å². The summed E-state index contributed by atoms with van der Waals surface area (Å²) in [5.41, 5.74) is 6.05. The molecule has 0 saturated heterocycles. The molecule has 0 aromatic heterocycles.